The van der Waals surface area contributed by atoms with Gasteiger partial charge < -0.3 is 20.5 Å². The number of rotatable bonds is 2. The number of carbonyl (C=O) groups is 2. The molecule has 1 heterocycles. The molecule has 1 rings (SSSR count). The molecule has 0 bridgehead atoms. The van der Waals surface area contributed by atoms with Crippen LogP contribution in [-0.4, -0.2) is 53.0 Å². The third-order valence-corrected chi connectivity index (χ3v) is 3.15. The van der Waals surface area contributed by atoms with Crippen molar-refractivity contribution >= 4 is 17.8 Å². The van der Waals surface area contributed by atoms with Crippen molar-refractivity contribution in [2.45, 2.75) is 40.2 Å². The average Bonchev–Trinajstić information content (AvgIpc) is 2.37. The first-order valence-electron chi connectivity index (χ1n) is 7.31. The molecule has 22 heavy (non-hydrogen) atoms. The van der Waals surface area contributed by atoms with E-state index in [9.17, 15) is 9.59 Å². The van der Waals surface area contributed by atoms with Gasteiger partial charge in [0.2, 0.25) is 0 Å². The molecule has 0 spiro atoms. The summed E-state index contributed by atoms with van der Waals surface area (Å²) in [6, 6.07) is 0. The summed E-state index contributed by atoms with van der Waals surface area (Å²) >= 11 is 0. The van der Waals surface area contributed by atoms with Gasteiger partial charge in [-0.1, -0.05) is 6.92 Å². The van der Waals surface area contributed by atoms with Crippen molar-refractivity contribution in [3.63, 3.8) is 0 Å². The fraction of sp³-hybridized carbons (Fsp3) is 0.667. The van der Waals surface area contributed by atoms with Crippen LogP contribution in [0.15, 0.2) is 16.3 Å². The number of nitrogens with zero attached hydrogens (tertiary/aromatic N) is 2. The molecule has 1 atom stereocenters. The first-order valence-corrected chi connectivity index (χ1v) is 7.31. The molecule has 1 aliphatic rings. The number of likely N-dealkylation sites (tertiary alicyclic amines) is 1. The predicted molar refractivity (Wildman–Crippen MR) is 83.8 cm³/mol. The van der Waals surface area contributed by atoms with Crippen molar-refractivity contribution in [3.05, 3.63) is 11.3 Å². The van der Waals surface area contributed by atoms with Crippen LogP contribution in [0.1, 0.15) is 34.6 Å². The van der Waals surface area contributed by atoms with Crippen LogP contribution in [0.5, 0.6) is 0 Å². The standard InChI is InChI=1S/C15H25N3O4/c1-6-17-12-9(2)7-18(14(21)22-15(3,4)5)8-10(12)11(16)13(19)20/h9H,6-8,16H2,1-5H3,(H,19,20)/b11-10-,17-12?/t9-/m0/s1. The van der Waals surface area contributed by atoms with Gasteiger partial charge in [0.15, 0.2) is 0 Å². The van der Waals surface area contributed by atoms with E-state index in [1.54, 1.807) is 20.8 Å². The topological polar surface area (TPSA) is 105 Å². The van der Waals surface area contributed by atoms with Crippen molar-refractivity contribution in [2.75, 3.05) is 19.6 Å². The van der Waals surface area contributed by atoms with E-state index >= 15 is 0 Å². The van der Waals surface area contributed by atoms with Gasteiger partial charge in [-0.2, -0.15) is 0 Å². The lowest BCUT2D eigenvalue weighted by Gasteiger charge is -2.35. The zero-order valence-corrected chi connectivity index (χ0v) is 13.8. The Balaban J connectivity index is 3.12. The Bertz CT molecular complexity index is 517. The second kappa shape index (κ2) is 6.81. The minimum Gasteiger partial charge on any atom is -0.477 e. The van der Waals surface area contributed by atoms with Crippen LogP contribution in [0.25, 0.3) is 0 Å². The van der Waals surface area contributed by atoms with Gasteiger partial charge in [-0.3, -0.25) is 4.99 Å². The molecule has 7 heteroatoms. The highest BCUT2D eigenvalue weighted by Gasteiger charge is 2.33. The Kier molecular flexibility index (Phi) is 5.57. The van der Waals surface area contributed by atoms with Gasteiger partial charge in [0.25, 0.3) is 0 Å². The summed E-state index contributed by atoms with van der Waals surface area (Å²) in [7, 11) is 0. The summed E-state index contributed by atoms with van der Waals surface area (Å²) in [5.74, 6) is -1.31. The molecule has 0 aromatic heterocycles. The lowest BCUT2D eigenvalue weighted by atomic mass is 9.91. The molecule has 124 valence electrons. The quantitative estimate of drug-likeness (QED) is 0.754. The number of aliphatic carboxylic acids is 1. The Labute approximate surface area is 130 Å². The molecule has 0 radical (unpaired) electrons. The van der Waals surface area contributed by atoms with Crippen molar-refractivity contribution in [3.8, 4) is 0 Å². The summed E-state index contributed by atoms with van der Waals surface area (Å²) in [4.78, 5) is 29.2. The van der Waals surface area contributed by atoms with Crippen LogP contribution in [0.2, 0.25) is 0 Å². The zero-order valence-electron chi connectivity index (χ0n) is 13.8. The third-order valence-electron chi connectivity index (χ3n) is 3.15. The first kappa shape index (κ1) is 18.0. The summed E-state index contributed by atoms with van der Waals surface area (Å²) in [5, 5.41) is 9.15. The van der Waals surface area contributed by atoms with Crippen LogP contribution in [0.3, 0.4) is 0 Å². The predicted octanol–water partition coefficient (Wildman–Crippen LogP) is 1.63. The summed E-state index contributed by atoms with van der Waals surface area (Å²) in [5.41, 5.74) is 5.85. The first-order chi connectivity index (χ1) is 10.1. The Morgan fingerprint density at radius 3 is 2.50 bits per heavy atom. The number of carbonyl (C=O) groups excluding carboxylic acids is 1. The Morgan fingerprint density at radius 1 is 1.45 bits per heavy atom. The molecule has 1 aliphatic heterocycles. The van der Waals surface area contributed by atoms with Gasteiger partial charge >= 0.3 is 12.1 Å². The maximum Gasteiger partial charge on any atom is 0.410 e. The number of hydrogen-bond acceptors (Lipinski definition) is 5. The highest BCUT2D eigenvalue weighted by Crippen LogP contribution is 2.23. The third kappa shape index (κ3) is 4.47. The van der Waals surface area contributed by atoms with Crippen LogP contribution in [0.4, 0.5) is 4.79 Å². The van der Waals surface area contributed by atoms with Gasteiger partial charge in [-0.05, 0) is 27.7 Å². The number of amides is 1. The van der Waals surface area contributed by atoms with Crippen LogP contribution < -0.4 is 5.73 Å². The zero-order chi connectivity index (χ0) is 17.1. The van der Waals surface area contributed by atoms with Crippen LogP contribution in [-0.2, 0) is 9.53 Å². The molecular weight excluding hydrogens is 286 g/mol. The minimum atomic E-state index is -1.21. The lowest BCUT2D eigenvalue weighted by Crippen LogP contribution is -2.47. The van der Waals surface area contributed by atoms with Gasteiger partial charge in [0, 0.05) is 30.3 Å². The van der Waals surface area contributed by atoms with Crippen LogP contribution in [0, 0.1) is 5.92 Å². The molecule has 0 aromatic carbocycles. The molecule has 3 N–H and O–H groups in total. The maximum atomic E-state index is 12.2. The monoisotopic (exact) mass is 311 g/mol. The van der Waals surface area contributed by atoms with Gasteiger partial charge in [-0.25, -0.2) is 9.59 Å². The molecule has 0 aliphatic carbocycles. The molecular formula is C15H25N3O4. The van der Waals surface area contributed by atoms with E-state index in [0.717, 1.165) is 0 Å². The average molecular weight is 311 g/mol. The Morgan fingerprint density at radius 2 is 2.05 bits per heavy atom. The highest BCUT2D eigenvalue weighted by molar-refractivity contribution is 6.08. The smallest absolute Gasteiger partial charge is 0.410 e. The molecule has 0 aromatic rings. The number of ether oxygens (including phenoxy) is 1. The number of piperidine rings is 1. The summed E-state index contributed by atoms with van der Waals surface area (Å²) < 4.78 is 5.35. The number of hydrogen-bond donors (Lipinski definition) is 2. The fourth-order valence-corrected chi connectivity index (χ4v) is 2.29. The molecule has 1 fully saturated rings. The number of carboxylic acid groups (broad SMARTS) is 1. The molecule has 1 amide bonds. The van der Waals surface area contributed by atoms with E-state index in [2.05, 4.69) is 4.99 Å². The van der Waals surface area contributed by atoms with Gasteiger partial charge in [0.1, 0.15) is 11.3 Å². The van der Waals surface area contributed by atoms with Crippen molar-refractivity contribution in [1.29, 1.82) is 0 Å². The van der Waals surface area contributed by atoms with Crippen LogP contribution >= 0.6 is 0 Å². The maximum absolute atomic E-state index is 12.2. The van der Waals surface area contributed by atoms with E-state index in [0.29, 0.717) is 24.4 Å². The summed E-state index contributed by atoms with van der Waals surface area (Å²) in [6.07, 6.45) is -0.481. The van der Waals surface area contributed by atoms with E-state index < -0.39 is 17.7 Å². The molecule has 0 unspecified atom stereocenters. The number of carboxylic acids is 1. The van der Waals surface area contributed by atoms with Crippen molar-refractivity contribution < 1.29 is 19.4 Å². The SMILES string of the molecule is CCN=C1/C(=C(\N)C(=O)O)CN(C(=O)OC(C)(C)C)C[C@@H]1C. The minimum absolute atomic E-state index is 0.0935. The largest absolute Gasteiger partial charge is 0.477 e. The molecule has 0 saturated carbocycles. The Hall–Kier alpha value is -2.05. The lowest BCUT2D eigenvalue weighted by molar-refractivity contribution is -0.132. The number of nitrogens with two attached hydrogens (primary N) is 1. The van der Waals surface area contributed by atoms with Crippen molar-refractivity contribution in [2.24, 2.45) is 16.6 Å². The van der Waals surface area contributed by atoms with Gasteiger partial charge in [-0.15, -0.1) is 0 Å². The second-order valence-corrected chi connectivity index (χ2v) is 6.32. The molecule has 1 saturated heterocycles. The number of aliphatic imine (C=N–C) groups is 1. The normalized spacial score (nSPS) is 23.4. The fourth-order valence-electron chi connectivity index (χ4n) is 2.29. The van der Waals surface area contributed by atoms with E-state index in [4.69, 9.17) is 15.6 Å². The van der Waals surface area contributed by atoms with E-state index in [-0.39, 0.29) is 18.2 Å². The van der Waals surface area contributed by atoms with Crippen molar-refractivity contribution in [1.82, 2.24) is 4.90 Å². The summed E-state index contributed by atoms with van der Waals surface area (Å²) in [6.45, 7) is 10.2. The van der Waals surface area contributed by atoms with E-state index in [1.807, 2.05) is 13.8 Å². The van der Waals surface area contributed by atoms with Gasteiger partial charge in [0.05, 0.1) is 6.54 Å². The molecule has 7 nitrogen and oxygen atoms in total. The second-order valence-electron chi connectivity index (χ2n) is 6.32. The highest BCUT2D eigenvalue weighted by atomic mass is 16.6. The van der Waals surface area contributed by atoms with E-state index in [1.165, 1.54) is 4.90 Å².